The van der Waals surface area contributed by atoms with E-state index in [0.29, 0.717) is 19.7 Å². The fourth-order valence-corrected chi connectivity index (χ4v) is 4.38. The summed E-state index contributed by atoms with van der Waals surface area (Å²) in [5.41, 5.74) is 4.05. The number of ether oxygens (including phenoxy) is 1. The first-order chi connectivity index (χ1) is 13.0. The molecular formula is C23H27NO3. The number of piperidine rings is 1. The molecule has 0 aromatic heterocycles. The van der Waals surface area contributed by atoms with Gasteiger partial charge in [-0.3, -0.25) is 0 Å². The fraction of sp³-hybridized carbons (Fsp3) is 0.435. The molecule has 1 heterocycles. The molecule has 0 radical (unpaired) electrons. The van der Waals surface area contributed by atoms with Crippen LogP contribution in [0.4, 0.5) is 4.79 Å². The van der Waals surface area contributed by atoms with Crippen LogP contribution in [-0.4, -0.2) is 41.4 Å². The average Bonchev–Trinajstić information content (AvgIpc) is 3.00. The molecule has 1 amide bonds. The van der Waals surface area contributed by atoms with E-state index >= 15 is 0 Å². The topological polar surface area (TPSA) is 49.8 Å². The van der Waals surface area contributed by atoms with E-state index in [0.717, 1.165) is 12.8 Å². The highest BCUT2D eigenvalue weighted by molar-refractivity contribution is 5.79. The Kier molecular flexibility index (Phi) is 4.68. The van der Waals surface area contributed by atoms with E-state index in [1.807, 2.05) is 38.1 Å². The normalized spacial score (nSPS) is 21.9. The molecule has 1 atom stereocenters. The third kappa shape index (κ3) is 3.23. The molecule has 4 rings (SSSR count). The van der Waals surface area contributed by atoms with Crippen molar-refractivity contribution in [3.63, 3.8) is 0 Å². The quantitative estimate of drug-likeness (QED) is 0.876. The number of carbonyl (C=O) groups excluding carboxylic acids is 1. The summed E-state index contributed by atoms with van der Waals surface area (Å²) in [5.74, 6) is 0.178. The van der Waals surface area contributed by atoms with Gasteiger partial charge in [0.25, 0.3) is 0 Å². The Balaban J connectivity index is 1.48. The van der Waals surface area contributed by atoms with Gasteiger partial charge in [-0.05, 0) is 41.0 Å². The van der Waals surface area contributed by atoms with Gasteiger partial charge in [-0.2, -0.15) is 0 Å². The predicted molar refractivity (Wildman–Crippen MR) is 106 cm³/mol. The van der Waals surface area contributed by atoms with Gasteiger partial charge < -0.3 is 14.7 Å². The Morgan fingerprint density at radius 2 is 1.74 bits per heavy atom. The van der Waals surface area contributed by atoms with E-state index in [1.165, 1.54) is 22.3 Å². The van der Waals surface area contributed by atoms with Crippen LogP contribution in [0.15, 0.2) is 48.5 Å². The van der Waals surface area contributed by atoms with Crippen LogP contribution in [0, 0.1) is 5.92 Å². The highest BCUT2D eigenvalue weighted by Gasteiger charge is 2.38. The van der Waals surface area contributed by atoms with Gasteiger partial charge in [0, 0.05) is 12.5 Å². The van der Waals surface area contributed by atoms with Gasteiger partial charge in [0.05, 0.1) is 12.1 Å². The Labute approximate surface area is 160 Å². The van der Waals surface area contributed by atoms with Crippen LogP contribution in [0.5, 0.6) is 0 Å². The molecule has 0 spiro atoms. The number of carbonyl (C=O) groups is 1. The van der Waals surface area contributed by atoms with Gasteiger partial charge in [-0.25, -0.2) is 4.79 Å². The second-order valence-corrected chi connectivity index (χ2v) is 8.09. The summed E-state index contributed by atoms with van der Waals surface area (Å²) in [4.78, 5) is 14.3. The number of aliphatic hydroxyl groups is 1. The van der Waals surface area contributed by atoms with Crippen molar-refractivity contribution in [1.29, 1.82) is 0 Å². The van der Waals surface area contributed by atoms with Crippen LogP contribution < -0.4 is 0 Å². The maximum absolute atomic E-state index is 12.7. The van der Waals surface area contributed by atoms with Crippen molar-refractivity contribution < 1.29 is 14.6 Å². The van der Waals surface area contributed by atoms with E-state index < -0.39 is 5.60 Å². The number of nitrogens with zero attached hydrogens (tertiary/aromatic N) is 1. The van der Waals surface area contributed by atoms with Crippen molar-refractivity contribution in [2.75, 3.05) is 19.7 Å². The molecule has 27 heavy (non-hydrogen) atoms. The molecule has 4 nitrogen and oxygen atoms in total. The molecule has 1 fully saturated rings. The molecule has 1 unspecified atom stereocenters. The van der Waals surface area contributed by atoms with E-state index in [9.17, 15) is 9.90 Å². The summed E-state index contributed by atoms with van der Waals surface area (Å²) in [6.07, 6.45) is 1.21. The van der Waals surface area contributed by atoms with Gasteiger partial charge in [0.2, 0.25) is 0 Å². The van der Waals surface area contributed by atoms with Crippen LogP contribution in [-0.2, 0) is 4.74 Å². The van der Waals surface area contributed by atoms with Gasteiger partial charge >= 0.3 is 6.09 Å². The summed E-state index contributed by atoms with van der Waals surface area (Å²) in [5, 5.41) is 10.8. The second kappa shape index (κ2) is 7.01. The molecule has 2 aliphatic rings. The van der Waals surface area contributed by atoms with E-state index in [1.54, 1.807) is 4.90 Å². The minimum absolute atomic E-state index is 0.0649. The van der Waals surface area contributed by atoms with Crippen molar-refractivity contribution in [3.8, 4) is 11.1 Å². The predicted octanol–water partition coefficient (Wildman–Crippen LogP) is 4.42. The first kappa shape index (κ1) is 18.1. The summed E-state index contributed by atoms with van der Waals surface area (Å²) in [7, 11) is 0. The Morgan fingerprint density at radius 1 is 1.15 bits per heavy atom. The van der Waals surface area contributed by atoms with E-state index in [4.69, 9.17) is 4.74 Å². The molecule has 1 saturated heterocycles. The smallest absolute Gasteiger partial charge is 0.409 e. The summed E-state index contributed by atoms with van der Waals surface area (Å²) in [6, 6.07) is 16.7. The molecule has 1 aliphatic heterocycles. The van der Waals surface area contributed by atoms with Crippen molar-refractivity contribution in [2.24, 2.45) is 5.92 Å². The summed E-state index contributed by atoms with van der Waals surface area (Å²) in [6.45, 7) is 5.32. The summed E-state index contributed by atoms with van der Waals surface area (Å²) >= 11 is 0. The van der Waals surface area contributed by atoms with E-state index in [-0.39, 0.29) is 17.9 Å². The lowest BCUT2D eigenvalue weighted by Crippen LogP contribution is -2.53. The second-order valence-electron chi connectivity index (χ2n) is 8.09. The Bertz CT molecular complexity index is 802. The number of benzene rings is 2. The van der Waals surface area contributed by atoms with E-state index in [2.05, 4.69) is 24.3 Å². The molecule has 2 aromatic carbocycles. The number of likely N-dealkylation sites (tertiary alicyclic amines) is 1. The van der Waals surface area contributed by atoms with Gasteiger partial charge in [0.1, 0.15) is 6.61 Å². The number of β-amino-alcohol motifs (C(OH)–C–C–N with tert-alkyl or cyclic N) is 1. The highest BCUT2D eigenvalue weighted by atomic mass is 16.6. The molecular weight excluding hydrogens is 338 g/mol. The molecule has 2 aromatic rings. The van der Waals surface area contributed by atoms with Gasteiger partial charge in [0.15, 0.2) is 0 Å². The number of rotatable bonds is 3. The van der Waals surface area contributed by atoms with Crippen LogP contribution in [0.25, 0.3) is 11.1 Å². The lowest BCUT2D eigenvalue weighted by molar-refractivity contribution is -0.0614. The van der Waals surface area contributed by atoms with Gasteiger partial charge in [-0.15, -0.1) is 0 Å². The number of amides is 1. The van der Waals surface area contributed by atoms with Crippen molar-refractivity contribution in [1.82, 2.24) is 4.90 Å². The highest BCUT2D eigenvalue weighted by Crippen LogP contribution is 2.44. The standard InChI is InChI=1S/C23H27NO3/c1-16(2)23(26)12-7-13-24(15-23)22(25)27-14-21-19-10-5-3-8-17(19)18-9-4-6-11-20(18)21/h3-6,8-11,16,21,26H,7,12-15H2,1-2H3. The zero-order chi connectivity index (χ0) is 19.0. The minimum atomic E-state index is -0.816. The third-order valence-electron chi connectivity index (χ3n) is 6.17. The lowest BCUT2D eigenvalue weighted by atomic mass is 9.83. The molecule has 142 valence electrons. The molecule has 1 N–H and O–H groups in total. The number of hydrogen-bond donors (Lipinski definition) is 1. The van der Waals surface area contributed by atoms with Crippen LogP contribution in [0.1, 0.15) is 43.7 Å². The maximum Gasteiger partial charge on any atom is 0.409 e. The monoisotopic (exact) mass is 365 g/mol. The minimum Gasteiger partial charge on any atom is -0.448 e. The van der Waals surface area contributed by atoms with Crippen molar-refractivity contribution in [2.45, 2.75) is 38.2 Å². The van der Waals surface area contributed by atoms with Gasteiger partial charge in [-0.1, -0.05) is 62.4 Å². The zero-order valence-electron chi connectivity index (χ0n) is 16.0. The van der Waals surface area contributed by atoms with Crippen LogP contribution in [0.2, 0.25) is 0 Å². The Hall–Kier alpha value is -2.33. The fourth-order valence-electron chi connectivity index (χ4n) is 4.38. The number of hydrogen-bond acceptors (Lipinski definition) is 3. The first-order valence-electron chi connectivity index (χ1n) is 9.82. The zero-order valence-corrected chi connectivity index (χ0v) is 16.0. The molecule has 0 saturated carbocycles. The molecule has 1 aliphatic carbocycles. The van der Waals surface area contributed by atoms with Crippen LogP contribution in [0.3, 0.4) is 0 Å². The van der Waals surface area contributed by atoms with Crippen molar-refractivity contribution >= 4 is 6.09 Å². The van der Waals surface area contributed by atoms with Crippen LogP contribution >= 0.6 is 0 Å². The average molecular weight is 365 g/mol. The largest absolute Gasteiger partial charge is 0.448 e. The molecule has 0 bridgehead atoms. The van der Waals surface area contributed by atoms with Crippen molar-refractivity contribution in [3.05, 3.63) is 59.7 Å². The first-order valence-corrected chi connectivity index (χ1v) is 9.82. The number of fused-ring (bicyclic) bond motifs is 3. The SMILES string of the molecule is CC(C)C1(O)CCCN(C(=O)OCC2c3ccccc3-c3ccccc32)C1. The lowest BCUT2D eigenvalue weighted by Gasteiger charge is -2.41. The Morgan fingerprint density at radius 3 is 2.33 bits per heavy atom. The summed E-state index contributed by atoms with van der Waals surface area (Å²) < 4.78 is 5.73. The third-order valence-corrected chi connectivity index (χ3v) is 6.17. The molecule has 4 heteroatoms. The maximum atomic E-state index is 12.7.